The van der Waals surface area contributed by atoms with Gasteiger partial charge in [-0.3, -0.25) is 0 Å². The number of nitrogens with one attached hydrogen (secondary N) is 2. The fourth-order valence-electron chi connectivity index (χ4n) is 2.04. The second-order valence-corrected chi connectivity index (χ2v) is 5.00. The van der Waals surface area contributed by atoms with E-state index in [1.54, 1.807) is 0 Å². The number of likely N-dealkylation sites (N-methyl/N-ethyl adjacent to an activating group) is 1. The lowest BCUT2D eigenvalue weighted by atomic mass is 10.3. The third kappa shape index (κ3) is 4.66. The predicted octanol–water partition coefficient (Wildman–Crippen LogP) is -1.64. The first-order valence-electron chi connectivity index (χ1n) is 7.30. The number of anilines is 3. The van der Waals surface area contributed by atoms with Gasteiger partial charge in [0, 0.05) is 52.4 Å². The molecule has 0 unspecified atom stereocenters. The van der Waals surface area contributed by atoms with Gasteiger partial charge in [0.25, 0.3) is 0 Å². The summed E-state index contributed by atoms with van der Waals surface area (Å²) in [5.41, 5.74) is 11.0. The Morgan fingerprint density at radius 3 is 1.90 bits per heavy atom. The van der Waals surface area contributed by atoms with Crippen LogP contribution in [0.25, 0.3) is 0 Å². The van der Waals surface area contributed by atoms with Gasteiger partial charge in [0.2, 0.25) is 17.8 Å². The van der Waals surface area contributed by atoms with Gasteiger partial charge in [-0.2, -0.15) is 15.0 Å². The third-order valence-electron chi connectivity index (χ3n) is 3.26. The van der Waals surface area contributed by atoms with Crippen LogP contribution in [0.2, 0.25) is 0 Å². The average Bonchev–Trinajstić information content (AvgIpc) is 2.51. The van der Waals surface area contributed by atoms with Gasteiger partial charge in [-0.15, -0.1) is 0 Å². The Morgan fingerprint density at radius 2 is 1.43 bits per heavy atom. The summed E-state index contributed by atoms with van der Waals surface area (Å²) in [7, 11) is 2.12. The summed E-state index contributed by atoms with van der Waals surface area (Å²) in [5, 5.41) is 6.21. The summed E-state index contributed by atoms with van der Waals surface area (Å²) in [6.07, 6.45) is 0. The Bertz CT molecular complexity index is 404. The minimum Gasteiger partial charge on any atom is -0.353 e. The minimum absolute atomic E-state index is 0.529. The number of nitrogens with zero attached hydrogens (tertiary/aromatic N) is 5. The zero-order valence-electron chi connectivity index (χ0n) is 12.5. The van der Waals surface area contributed by atoms with Crippen LogP contribution in [-0.2, 0) is 0 Å². The first kappa shape index (κ1) is 15.7. The Morgan fingerprint density at radius 1 is 0.905 bits per heavy atom. The highest BCUT2D eigenvalue weighted by molar-refractivity contribution is 5.44. The highest BCUT2D eigenvalue weighted by atomic mass is 15.4. The lowest BCUT2D eigenvalue weighted by Gasteiger charge is -2.32. The summed E-state index contributed by atoms with van der Waals surface area (Å²) < 4.78 is 0. The van der Waals surface area contributed by atoms with Crippen LogP contribution >= 0.6 is 0 Å². The molecule has 0 amide bonds. The number of hydrogen-bond acceptors (Lipinski definition) is 9. The molecule has 0 atom stereocenters. The Balaban J connectivity index is 2.13. The summed E-state index contributed by atoms with van der Waals surface area (Å²) in [4.78, 5) is 17.7. The van der Waals surface area contributed by atoms with Crippen LogP contribution in [0, 0.1) is 0 Å². The van der Waals surface area contributed by atoms with E-state index in [4.69, 9.17) is 11.5 Å². The fourth-order valence-corrected chi connectivity index (χ4v) is 2.04. The van der Waals surface area contributed by atoms with Crippen LogP contribution in [0.3, 0.4) is 0 Å². The SMILES string of the molecule is CN1CCN(c2nc(NCCN)nc(NCCN)n2)CC1. The van der Waals surface area contributed by atoms with Crippen LogP contribution in [0.1, 0.15) is 0 Å². The molecule has 1 aliphatic rings. The van der Waals surface area contributed by atoms with Crippen molar-refractivity contribution in [2.45, 2.75) is 0 Å². The molecule has 21 heavy (non-hydrogen) atoms. The van der Waals surface area contributed by atoms with Gasteiger partial charge in [-0.05, 0) is 7.05 Å². The second kappa shape index (κ2) is 7.91. The van der Waals surface area contributed by atoms with E-state index in [0.717, 1.165) is 26.2 Å². The topological polar surface area (TPSA) is 121 Å². The fraction of sp³-hybridized carbons (Fsp3) is 0.750. The van der Waals surface area contributed by atoms with Crippen molar-refractivity contribution >= 4 is 17.8 Å². The highest BCUT2D eigenvalue weighted by Crippen LogP contribution is 2.15. The summed E-state index contributed by atoms with van der Waals surface area (Å²) in [6, 6.07) is 0. The lowest BCUT2D eigenvalue weighted by molar-refractivity contribution is 0.311. The molecule has 1 aliphatic heterocycles. The third-order valence-corrected chi connectivity index (χ3v) is 3.26. The van der Waals surface area contributed by atoms with Crippen molar-refractivity contribution in [2.75, 3.05) is 74.9 Å². The normalized spacial score (nSPS) is 16.0. The van der Waals surface area contributed by atoms with Crippen molar-refractivity contribution in [1.82, 2.24) is 19.9 Å². The maximum Gasteiger partial charge on any atom is 0.232 e. The van der Waals surface area contributed by atoms with Crippen molar-refractivity contribution in [1.29, 1.82) is 0 Å². The van der Waals surface area contributed by atoms with Crippen molar-refractivity contribution in [3.05, 3.63) is 0 Å². The van der Waals surface area contributed by atoms with Crippen LogP contribution in [0.5, 0.6) is 0 Å². The molecular formula is C12H25N9. The number of hydrogen-bond donors (Lipinski definition) is 4. The minimum atomic E-state index is 0.529. The predicted molar refractivity (Wildman–Crippen MR) is 84.6 cm³/mol. The largest absolute Gasteiger partial charge is 0.353 e. The second-order valence-electron chi connectivity index (χ2n) is 5.00. The van der Waals surface area contributed by atoms with Crippen molar-refractivity contribution in [3.8, 4) is 0 Å². The molecular weight excluding hydrogens is 270 g/mol. The molecule has 6 N–H and O–H groups in total. The number of aromatic nitrogens is 3. The standard InChI is InChI=1S/C12H25N9/c1-20-6-8-21(9-7-20)12-18-10(15-4-2-13)17-11(19-12)16-5-3-14/h2-9,13-14H2,1H3,(H2,15,16,17,18,19). The van der Waals surface area contributed by atoms with Crippen molar-refractivity contribution in [2.24, 2.45) is 11.5 Å². The molecule has 9 nitrogen and oxygen atoms in total. The molecule has 0 radical (unpaired) electrons. The van der Waals surface area contributed by atoms with Crippen molar-refractivity contribution in [3.63, 3.8) is 0 Å². The van der Waals surface area contributed by atoms with E-state index in [-0.39, 0.29) is 0 Å². The quantitative estimate of drug-likeness (QED) is 0.469. The first-order valence-corrected chi connectivity index (χ1v) is 7.30. The van der Waals surface area contributed by atoms with E-state index in [1.807, 2.05) is 0 Å². The van der Waals surface area contributed by atoms with Crippen LogP contribution in [-0.4, -0.2) is 79.3 Å². The molecule has 1 aromatic rings. The number of rotatable bonds is 7. The molecule has 0 aliphatic carbocycles. The summed E-state index contributed by atoms with van der Waals surface area (Å²) in [5.74, 6) is 1.78. The molecule has 1 fully saturated rings. The maximum atomic E-state index is 5.51. The smallest absolute Gasteiger partial charge is 0.232 e. The molecule has 0 bridgehead atoms. The zero-order valence-corrected chi connectivity index (χ0v) is 12.5. The Hall–Kier alpha value is -1.71. The van der Waals surface area contributed by atoms with E-state index < -0.39 is 0 Å². The van der Waals surface area contributed by atoms with Gasteiger partial charge in [0.15, 0.2) is 0 Å². The number of piperazine rings is 1. The maximum absolute atomic E-state index is 5.51. The van der Waals surface area contributed by atoms with Crippen LogP contribution in [0.4, 0.5) is 17.8 Å². The Kier molecular flexibility index (Phi) is 5.90. The zero-order chi connectivity index (χ0) is 15.1. The molecule has 9 heteroatoms. The molecule has 1 saturated heterocycles. The van der Waals surface area contributed by atoms with E-state index in [0.29, 0.717) is 44.0 Å². The summed E-state index contributed by atoms with van der Waals surface area (Å²) in [6.45, 7) is 6.14. The van der Waals surface area contributed by atoms with Gasteiger partial charge >= 0.3 is 0 Å². The van der Waals surface area contributed by atoms with Crippen LogP contribution in [0.15, 0.2) is 0 Å². The van der Waals surface area contributed by atoms with E-state index in [1.165, 1.54) is 0 Å². The van der Waals surface area contributed by atoms with Gasteiger partial charge in [-0.25, -0.2) is 0 Å². The molecule has 1 aromatic heterocycles. The van der Waals surface area contributed by atoms with E-state index in [2.05, 4.69) is 42.4 Å². The monoisotopic (exact) mass is 295 g/mol. The molecule has 0 aromatic carbocycles. The summed E-state index contributed by atoms with van der Waals surface area (Å²) >= 11 is 0. The highest BCUT2D eigenvalue weighted by Gasteiger charge is 2.18. The van der Waals surface area contributed by atoms with Crippen molar-refractivity contribution < 1.29 is 0 Å². The number of nitrogens with two attached hydrogens (primary N) is 2. The molecule has 0 spiro atoms. The van der Waals surface area contributed by atoms with Gasteiger partial charge < -0.3 is 31.9 Å². The van der Waals surface area contributed by atoms with Gasteiger partial charge in [0.1, 0.15) is 0 Å². The van der Waals surface area contributed by atoms with E-state index in [9.17, 15) is 0 Å². The first-order chi connectivity index (χ1) is 10.2. The van der Waals surface area contributed by atoms with Crippen LogP contribution < -0.4 is 27.0 Å². The molecule has 2 heterocycles. The van der Waals surface area contributed by atoms with Gasteiger partial charge in [0.05, 0.1) is 0 Å². The molecule has 0 saturated carbocycles. The van der Waals surface area contributed by atoms with Gasteiger partial charge in [-0.1, -0.05) is 0 Å². The molecule has 2 rings (SSSR count). The van der Waals surface area contributed by atoms with E-state index >= 15 is 0 Å². The molecule has 118 valence electrons. The Labute approximate surface area is 125 Å². The lowest BCUT2D eigenvalue weighted by Crippen LogP contribution is -2.45. The average molecular weight is 295 g/mol.